The molecule has 0 atom stereocenters. The molecule has 2 heterocycles. The van der Waals surface area contributed by atoms with Gasteiger partial charge >= 0.3 is 5.97 Å². The molecule has 0 aliphatic heterocycles. The van der Waals surface area contributed by atoms with Crippen molar-refractivity contribution in [2.75, 3.05) is 7.11 Å². The summed E-state index contributed by atoms with van der Waals surface area (Å²) in [4.78, 5) is 21.6. The zero-order chi connectivity index (χ0) is 30.4. The number of aromatic nitrogens is 2. The standard InChI is InChI=1S/C38H34N2O4/c1-38(24-23-37(41)42-2,29-13-19-33(20-14-29)43-25-31-17-11-27-7-3-5-9-35(27)39-31)30-15-21-34(22-16-30)44-26-32-18-12-28-8-4-6-10-36(28)40-32/h3-22H,23-26H2,1-2H3. The van der Waals surface area contributed by atoms with E-state index in [-0.39, 0.29) is 5.97 Å². The summed E-state index contributed by atoms with van der Waals surface area (Å²) in [6.07, 6.45) is 0.882. The Labute approximate surface area is 257 Å². The van der Waals surface area contributed by atoms with Gasteiger partial charge in [-0.2, -0.15) is 0 Å². The first-order valence-electron chi connectivity index (χ1n) is 14.7. The van der Waals surface area contributed by atoms with E-state index < -0.39 is 5.41 Å². The van der Waals surface area contributed by atoms with Crippen LogP contribution in [-0.2, 0) is 28.2 Å². The number of benzene rings is 4. The van der Waals surface area contributed by atoms with Crippen LogP contribution in [0.1, 0.15) is 42.3 Å². The van der Waals surface area contributed by atoms with Gasteiger partial charge in [-0.05, 0) is 66.1 Å². The minimum absolute atomic E-state index is 0.234. The van der Waals surface area contributed by atoms with E-state index in [0.29, 0.717) is 26.1 Å². The average Bonchev–Trinajstić information content (AvgIpc) is 3.09. The van der Waals surface area contributed by atoms with E-state index >= 15 is 0 Å². The lowest BCUT2D eigenvalue weighted by molar-refractivity contribution is -0.140. The predicted octanol–water partition coefficient (Wildman–Crippen LogP) is 8.20. The predicted molar refractivity (Wildman–Crippen MR) is 173 cm³/mol. The number of carbonyl (C=O) groups is 1. The molecule has 6 heteroatoms. The van der Waals surface area contributed by atoms with Crippen LogP contribution >= 0.6 is 0 Å². The number of rotatable bonds is 11. The Morgan fingerprint density at radius 2 is 1.07 bits per heavy atom. The zero-order valence-electron chi connectivity index (χ0n) is 24.9. The van der Waals surface area contributed by atoms with E-state index in [1.54, 1.807) is 0 Å². The van der Waals surface area contributed by atoms with Crippen molar-refractivity contribution in [3.05, 3.63) is 144 Å². The van der Waals surface area contributed by atoms with Gasteiger partial charge < -0.3 is 14.2 Å². The molecule has 0 aliphatic rings. The molecule has 0 unspecified atom stereocenters. The number of para-hydroxylation sites is 2. The number of pyridine rings is 2. The van der Waals surface area contributed by atoms with Crippen molar-refractivity contribution in [3.8, 4) is 11.5 Å². The number of hydrogen-bond donors (Lipinski definition) is 0. The van der Waals surface area contributed by atoms with E-state index in [2.05, 4.69) is 43.3 Å². The Morgan fingerprint density at radius 3 is 1.52 bits per heavy atom. The summed E-state index contributed by atoms with van der Waals surface area (Å²) in [7, 11) is 1.42. The van der Waals surface area contributed by atoms with Gasteiger partial charge in [-0.25, -0.2) is 9.97 Å². The van der Waals surface area contributed by atoms with Gasteiger partial charge in [0.1, 0.15) is 24.7 Å². The summed E-state index contributed by atoms with van der Waals surface area (Å²) in [5.41, 5.74) is 5.35. The van der Waals surface area contributed by atoms with Crippen molar-refractivity contribution in [1.29, 1.82) is 0 Å². The van der Waals surface area contributed by atoms with Gasteiger partial charge in [0.05, 0.1) is 29.5 Å². The molecule has 4 aromatic carbocycles. The highest BCUT2D eigenvalue weighted by Gasteiger charge is 2.30. The summed E-state index contributed by atoms with van der Waals surface area (Å²) in [5, 5.41) is 2.21. The first kappa shape index (κ1) is 28.9. The van der Waals surface area contributed by atoms with Crippen LogP contribution in [0, 0.1) is 0 Å². The van der Waals surface area contributed by atoms with E-state index in [9.17, 15) is 4.79 Å². The number of esters is 1. The van der Waals surface area contributed by atoms with E-state index in [4.69, 9.17) is 24.2 Å². The first-order chi connectivity index (χ1) is 21.5. The molecule has 0 radical (unpaired) electrons. The molecule has 0 fully saturated rings. The van der Waals surface area contributed by atoms with Crippen LogP contribution in [0.3, 0.4) is 0 Å². The van der Waals surface area contributed by atoms with E-state index in [1.807, 2.05) is 84.9 Å². The molecule has 0 spiro atoms. The van der Waals surface area contributed by atoms with Crippen LogP contribution in [0.25, 0.3) is 21.8 Å². The normalized spacial score (nSPS) is 11.4. The number of ether oxygens (including phenoxy) is 3. The highest BCUT2D eigenvalue weighted by atomic mass is 16.5. The molecule has 220 valence electrons. The highest BCUT2D eigenvalue weighted by molar-refractivity contribution is 5.79. The van der Waals surface area contributed by atoms with Crippen LogP contribution < -0.4 is 9.47 Å². The van der Waals surface area contributed by atoms with Crippen molar-refractivity contribution >= 4 is 27.8 Å². The largest absolute Gasteiger partial charge is 0.487 e. The minimum atomic E-state index is -0.439. The summed E-state index contributed by atoms with van der Waals surface area (Å²) in [6.45, 7) is 2.90. The van der Waals surface area contributed by atoms with Crippen molar-refractivity contribution in [1.82, 2.24) is 9.97 Å². The molecule has 0 saturated heterocycles. The molecule has 0 amide bonds. The third-order valence-electron chi connectivity index (χ3n) is 8.13. The maximum Gasteiger partial charge on any atom is 0.305 e. The lowest BCUT2D eigenvalue weighted by atomic mass is 9.73. The Bertz CT molecular complexity index is 1760. The zero-order valence-corrected chi connectivity index (χ0v) is 24.9. The fraction of sp³-hybridized carbons (Fsp3) is 0.184. The quantitative estimate of drug-likeness (QED) is 0.143. The maximum absolute atomic E-state index is 12.2. The molecule has 2 aromatic heterocycles. The smallest absolute Gasteiger partial charge is 0.305 e. The summed E-state index contributed by atoms with van der Waals surface area (Å²) in [5.74, 6) is 1.28. The topological polar surface area (TPSA) is 70.5 Å². The van der Waals surface area contributed by atoms with Gasteiger partial charge in [-0.3, -0.25) is 4.79 Å². The SMILES string of the molecule is COC(=O)CCC(C)(c1ccc(OCc2ccc3ccccc3n2)cc1)c1ccc(OCc2ccc3ccccc3n2)cc1. The fourth-order valence-corrected chi connectivity index (χ4v) is 5.44. The van der Waals surface area contributed by atoms with Crippen molar-refractivity contribution in [2.24, 2.45) is 0 Å². The molecule has 0 aliphatic carbocycles. The van der Waals surface area contributed by atoms with E-state index in [0.717, 1.165) is 55.8 Å². The summed E-state index contributed by atoms with van der Waals surface area (Å²) < 4.78 is 17.1. The second-order valence-electron chi connectivity index (χ2n) is 11.0. The molecule has 0 N–H and O–H groups in total. The molecule has 6 aromatic rings. The monoisotopic (exact) mass is 582 g/mol. The van der Waals surface area contributed by atoms with Crippen LogP contribution in [0.5, 0.6) is 11.5 Å². The van der Waals surface area contributed by atoms with Gasteiger partial charge in [0.2, 0.25) is 0 Å². The molecular formula is C38H34N2O4. The lowest BCUT2D eigenvalue weighted by Gasteiger charge is -2.31. The third-order valence-corrected chi connectivity index (χ3v) is 8.13. The Balaban J connectivity index is 1.16. The van der Waals surface area contributed by atoms with E-state index in [1.165, 1.54) is 7.11 Å². The van der Waals surface area contributed by atoms with Crippen molar-refractivity contribution in [3.63, 3.8) is 0 Å². The van der Waals surface area contributed by atoms with Gasteiger partial charge in [-0.1, -0.05) is 79.7 Å². The van der Waals surface area contributed by atoms with Gasteiger partial charge in [-0.15, -0.1) is 0 Å². The highest BCUT2D eigenvalue weighted by Crippen LogP contribution is 2.38. The van der Waals surface area contributed by atoms with Gasteiger partial charge in [0.25, 0.3) is 0 Å². The number of hydrogen-bond acceptors (Lipinski definition) is 6. The third kappa shape index (κ3) is 6.55. The minimum Gasteiger partial charge on any atom is -0.487 e. The maximum atomic E-state index is 12.2. The molecule has 6 rings (SSSR count). The molecule has 0 saturated carbocycles. The Kier molecular flexibility index (Phi) is 8.50. The summed E-state index contributed by atoms with van der Waals surface area (Å²) in [6, 6.07) is 40.4. The lowest BCUT2D eigenvalue weighted by Crippen LogP contribution is -2.25. The molecular weight excluding hydrogens is 548 g/mol. The van der Waals surface area contributed by atoms with Crippen molar-refractivity contribution in [2.45, 2.75) is 38.4 Å². The number of fused-ring (bicyclic) bond motifs is 2. The second-order valence-corrected chi connectivity index (χ2v) is 11.0. The van der Waals surface area contributed by atoms with Gasteiger partial charge in [0, 0.05) is 22.6 Å². The second kappa shape index (κ2) is 13.0. The van der Waals surface area contributed by atoms with Crippen LogP contribution in [0.4, 0.5) is 0 Å². The summed E-state index contributed by atoms with van der Waals surface area (Å²) >= 11 is 0. The number of methoxy groups -OCH3 is 1. The number of carbonyl (C=O) groups excluding carboxylic acids is 1. The van der Waals surface area contributed by atoms with Gasteiger partial charge in [0.15, 0.2) is 0 Å². The van der Waals surface area contributed by atoms with Crippen LogP contribution in [-0.4, -0.2) is 23.0 Å². The van der Waals surface area contributed by atoms with Crippen molar-refractivity contribution < 1.29 is 19.0 Å². The molecule has 6 nitrogen and oxygen atoms in total. The molecule has 44 heavy (non-hydrogen) atoms. The van der Waals surface area contributed by atoms with Crippen LogP contribution in [0.2, 0.25) is 0 Å². The Hall–Kier alpha value is -5.23. The number of nitrogens with zero attached hydrogens (tertiary/aromatic N) is 2. The Morgan fingerprint density at radius 1 is 0.614 bits per heavy atom. The first-order valence-corrected chi connectivity index (χ1v) is 14.7. The molecule has 0 bridgehead atoms. The fourth-order valence-electron chi connectivity index (χ4n) is 5.44. The van der Waals surface area contributed by atoms with Crippen LogP contribution in [0.15, 0.2) is 121 Å². The average molecular weight is 583 g/mol.